The smallest absolute Gasteiger partial charge is 0.159 e. The first-order valence-electron chi connectivity index (χ1n) is 21.0. The minimum atomic E-state index is 0.686. The zero-order chi connectivity index (χ0) is 41.4. The monoisotopic (exact) mass is 822 g/mol. The lowest BCUT2D eigenvalue weighted by molar-refractivity contribution is 1.16. The summed E-state index contributed by atoms with van der Waals surface area (Å²) >= 11 is 1.81. The van der Waals surface area contributed by atoms with Crippen LogP contribution in [0.25, 0.3) is 120 Å². The van der Waals surface area contributed by atoms with Crippen LogP contribution in [0, 0.1) is 0 Å². The number of hydrogen-bond acceptors (Lipinski definition) is 5. The third kappa shape index (κ3) is 5.78. The third-order valence-electron chi connectivity index (χ3n) is 12.3. The van der Waals surface area contributed by atoms with Gasteiger partial charge in [0.15, 0.2) is 5.82 Å². The van der Waals surface area contributed by atoms with Crippen LogP contribution in [0.2, 0.25) is 0 Å². The second kappa shape index (κ2) is 14.2. The lowest BCUT2D eigenvalue weighted by atomic mass is 10.1. The summed E-state index contributed by atoms with van der Waals surface area (Å²) in [6.07, 6.45) is 5.72. The van der Waals surface area contributed by atoms with Gasteiger partial charge in [0.05, 0.1) is 44.8 Å². The quantitative estimate of drug-likeness (QED) is 0.168. The summed E-state index contributed by atoms with van der Waals surface area (Å²) < 4.78 is 7.24. The molecule has 6 nitrogen and oxygen atoms in total. The van der Waals surface area contributed by atoms with Crippen molar-refractivity contribution in [3.8, 4) is 56.5 Å². The zero-order valence-corrected chi connectivity index (χ0v) is 34.5. The van der Waals surface area contributed by atoms with Gasteiger partial charge >= 0.3 is 0 Å². The van der Waals surface area contributed by atoms with Crippen molar-refractivity contribution < 1.29 is 0 Å². The van der Waals surface area contributed by atoms with Gasteiger partial charge in [0.25, 0.3) is 0 Å². The highest BCUT2D eigenvalue weighted by Crippen LogP contribution is 2.40. The molecule has 6 aromatic heterocycles. The van der Waals surface area contributed by atoms with Crippen LogP contribution in [-0.4, -0.2) is 29.1 Å². The molecule has 0 fully saturated rings. The van der Waals surface area contributed by atoms with Gasteiger partial charge in [-0.1, -0.05) is 103 Å². The summed E-state index contributed by atoms with van der Waals surface area (Å²) in [6.45, 7) is 0. The molecule has 0 aliphatic carbocycles. The molecule has 7 heteroatoms. The summed E-state index contributed by atoms with van der Waals surface area (Å²) in [5.74, 6) is 0.686. The maximum atomic E-state index is 5.23. The lowest BCUT2D eigenvalue weighted by Crippen LogP contribution is -1.98. The zero-order valence-electron chi connectivity index (χ0n) is 33.7. The molecule has 13 rings (SSSR count). The highest BCUT2D eigenvalue weighted by atomic mass is 32.1. The number of nitrogens with zero attached hydrogens (tertiary/aromatic N) is 6. The molecular formula is C56H34N6S. The van der Waals surface area contributed by atoms with E-state index >= 15 is 0 Å². The van der Waals surface area contributed by atoms with Crippen LogP contribution in [0.3, 0.4) is 0 Å². The average molecular weight is 823 g/mol. The summed E-state index contributed by atoms with van der Waals surface area (Å²) in [4.78, 5) is 19.7. The summed E-state index contributed by atoms with van der Waals surface area (Å²) in [7, 11) is 0. The molecule has 0 spiro atoms. The van der Waals surface area contributed by atoms with Crippen LogP contribution >= 0.6 is 11.3 Å². The fourth-order valence-electron chi connectivity index (χ4n) is 9.37. The number of rotatable bonds is 6. The molecule has 13 aromatic rings. The van der Waals surface area contributed by atoms with Crippen molar-refractivity contribution in [1.29, 1.82) is 0 Å². The second-order valence-corrected chi connectivity index (χ2v) is 17.0. The van der Waals surface area contributed by atoms with E-state index in [0.717, 1.165) is 83.5 Å². The predicted octanol–water partition coefficient (Wildman–Crippen LogP) is 14.5. The lowest BCUT2D eigenvalue weighted by Gasteiger charge is -2.13. The van der Waals surface area contributed by atoms with Gasteiger partial charge in [-0.25, -0.2) is 15.0 Å². The molecule has 0 atom stereocenters. The van der Waals surface area contributed by atoms with E-state index in [2.05, 4.69) is 184 Å². The molecule has 0 unspecified atom stereocenters. The molecule has 0 saturated heterocycles. The Kier molecular flexibility index (Phi) is 7.98. The van der Waals surface area contributed by atoms with E-state index in [1.165, 1.54) is 30.9 Å². The molecule has 7 aromatic carbocycles. The molecular weight excluding hydrogens is 789 g/mol. The Morgan fingerprint density at radius 3 is 1.63 bits per heavy atom. The van der Waals surface area contributed by atoms with Crippen LogP contribution in [-0.2, 0) is 0 Å². The van der Waals surface area contributed by atoms with Crippen molar-refractivity contribution in [2.75, 3.05) is 0 Å². The van der Waals surface area contributed by atoms with Gasteiger partial charge in [-0.15, -0.1) is 11.3 Å². The second-order valence-electron chi connectivity index (χ2n) is 15.9. The van der Waals surface area contributed by atoms with E-state index in [4.69, 9.17) is 15.0 Å². The molecule has 0 aliphatic rings. The maximum Gasteiger partial charge on any atom is 0.159 e. The number of pyridine rings is 2. The normalized spacial score (nSPS) is 11.8. The van der Waals surface area contributed by atoms with Gasteiger partial charge in [-0.2, -0.15) is 0 Å². The van der Waals surface area contributed by atoms with E-state index in [0.29, 0.717) is 5.82 Å². The summed E-state index contributed by atoms with van der Waals surface area (Å²) in [5.41, 5.74) is 13.6. The van der Waals surface area contributed by atoms with Crippen molar-refractivity contribution in [3.63, 3.8) is 0 Å². The van der Waals surface area contributed by atoms with Crippen molar-refractivity contribution in [2.24, 2.45) is 0 Å². The molecule has 0 saturated carbocycles. The first-order chi connectivity index (χ1) is 31.2. The number of benzene rings is 7. The Labute approximate surface area is 365 Å². The first kappa shape index (κ1) is 35.5. The fourth-order valence-corrected chi connectivity index (χ4v) is 10.4. The first-order valence-corrected chi connectivity index (χ1v) is 21.8. The summed E-state index contributed by atoms with van der Waals surface area (Å²) in [6, 6.07) is 66.7. The number of hydrogen-bond donors (Lipinski definition) is 0. The van der Waals surface area contributed by atoms with E-state index < -0.39 is 0 Å². The van der Waals surface area contributed by atoms with Gasteiger partial charge < -0.3 is 9.13 Å². The van der Waals surface area contributed by atoms with Crippen LogP contribution in [0.15, 0.2) is 207 Å². The molecule has 0 radical (unpaired) electrons. The molecule has 0 bridgehead atoms. The van der Waals surface area contributed by atoms with E-state index in [1.54, 1.807) is 0 Å². The van der Waals surface area contributed by atoms with Crippen molar-refractivity contribution in [2.45, 2.75) is 0 Å². The predicted molar refractivity (Wildman–Crippen MR) is 261 cm³/mol. The molecule has 0 amide bonds. The molecule has 0 aliphatic heterocycles. The minimum absolute atomic E-state index is 0.686. The van der Waals surface area contributed by atoms with Gasteiger partial charge in [0, 0.05) is 88.2 Å². The van der Waals surface area contributed by atoms with E-state index in [9.17, 15) is 0 Å². The number of thiophene rings is 1. The largest absolute Gasteiger partial charge is 0.309 e. The van der Waals surface area contributed by atoms with Crippen molar-refractivity contribution >= 4 is 75.1 Å². The standard InChI is InChI=1S/C56H34N6S/c1-3-11-35(12-4-1)48-32-40(33-49(59-48)36-13-5-2-6-14-36)62-51-18-10-8-15-41(51)43-29-37(19-22-53(43)62)47-25-28-58-56(60-47)38-20-23-52-44(30-38)42-16-7-9-17-50(42)61(52)39-21-24-54-45(31-39)46-34-57-27-26-55(46)63-54/h1-34H. The molecule has 0 N–H and O–H groups in total. The van der Waals surface area contributed by atoms with Crippen LogP contribution in [0.1, 0.15) is 0 Å². The van der Waals surface area contributed by atoms with Crippen molar-refractivity contribution in [1.82, 2.24) is 29.1 Å². The maximum absolute atomic E-state index is 5.23. The topological polar surface area (TPSA) is 61.4 Å². The Balaban J connectivity index is 0.920. The van der Waals surface area contributed by atoms with Crippen LogP contribution < -0.4 is 0 Å². The highest BCUT2D eigenvalue weighted by molar-refractivity contribution is 7.25. The molecule has 63 heavy (non-hydrogen) atoms. The average Bonchev–Trinajstić information content (AvgIpc) is 4.01. The number of fused-ring (bicyclic) bond motifs is 9. The molecule has 6 heterocycles. The van der Waals surface area contributed by atoms with E-state index in [-0.39, 0.29) is 0 Å². The van der Waals surface area contributed by atoms with Gasteiger partial charge in [-0.3, -0.25) is 4.98 Å². The van der Waals surface area contributed by atoms with Crippen LogP contribution in [0.5, 0.6) is 0 Å². The minimum Gasteiger partial charge on any atom is -0.309 e. The van der Waals surface area contributed by atoms with Crippen LogP contribution in [0.4, 0.5) is 0 Å². The summed E-state index contributed by atoms with van der Waals surface area (Å²) in [5, 5.41) is 7.08. The Bertz CT molecular complexity index is 3860. The SMILES string of the molecule is c1ccc(-c2cc(-n3c4ccccc4c4cc(-c5ccnc(-c6ccc7c(c6)c6ccccc6n7-c6ccc7sc8ccncc8c7c6)n5)ccc43)cc(-c3ccccc3)n2)cc1. The van der Waals surface area contributed by atoms with Crippen molar-refractivity contribution in [3.05, 3.63) is 207 Å². The Hall–Kier alpha value is -8.26. The molecule has 294 valence electrons. The Morgan fingerprint density at radius 2 is 0.937 bits per heavy atom. The van der Waals surface area contributed by atoms with E-state index in [1.807, 2.05) is 48.1 Å². The van der Waals surface area contributed by atoms with Gasteiger partial charge in [-0.05, 0) is 84.9 Å². The van der Waals surface area contributed by atoms with Gasteiger partial charge in [0.1, 0.15) is 0 Å². The third-order valence-corrected chi connectivity index (χ3v) is 13.4. The Morgan fingerprint density at radius 1 is 0.349 bits per heavy atom. The van der Waals surface area contributed by atoms with Gasteiger partial charge in [0.2, 0.25) is 0 Å². The highest BCUT2D eigenvalue weighted by Gasteiger charge is 2.19. The number of aromatic nitrogens is 6. The fraction of sp³-hybridized carbons (Fsp3) is 0. The number of para-hydroxylation sites is 2.